The molecule has 0 saturated carbocycles. The molecule has 3 heteroatoms. The smallest absolute Gasteiger partial charge is 0.328 e. The van der Waals surface area contributed by atoms with Gasteiger partial charge < -0.3 is 10.4 Å². The number of carboxylic acid groups (broad SMARTS) is 1. The van der Waals surface area contributed by atoms with Gasteiger partial charge in [-0.1, -0.05) is 25.8 Å². The fraction of sp³-hybridized carbons (Fsp3) is 0.667. The van der Waals surface area contributed by atoms with Gasteiger partial charge in [-0.25, -0.2) is 4.79 Å². The van der Waals surface area contributed by atoms with Crippen molar-refractivity contribution in [1.29, 1.82) is 0 Å². The van der Waals surface area contributed by atoms with Gasteiger partial charge >= 0.3 is 5.97 Å². The zero-order chi connectivity index (χ0) is 9.23. The summed E-state index contributed by atoms with van der Waals surface area (Å²) in [5.41, 5.74) is 0. The molecular formula is C9H17NO2. The Labute approximate surface area is 73.5 Å². The third-order valence-electron chi connectivity index (χ3n) is 1.48. The van der Waals surface area contributed by atoms with Gasteiger partial charge in [-0.05, 0) is 13.0 Å². The van der Waals surface area contributed by atoms with E-state index in [0.29, 0.717) is 6.54 Å². The minimum atomic E-state index is -0.884. The van der Waals surface area contributed by atoms with Crippen molar-refractivity contribution >= 4 is 5.97 Å². The molecule has 3 nitrogen and oxygen atoms in total. The molecule has 0 radical (unpaired) electrons. The molecule has 0 spiro atoms. The lowest BCUT2D eigenvalue weighted by Gasteiger charge is -1.98. The van der Waals surface area contributed by atoms with Crippen LogP contribution in [0.1, 0.15) is 26.2 Å². The Kier molecular flexibility index (Phi) is 7.70. The Balaban J connectivity index is 3.05. The maximum Gasteiger partial charge on any atom is 0.328 e. The Morgan fingerprint density at radius 2 is 2.25 bits per heavy atom. The summed E-state index contributed by atoms with van der Waals surface area (Å²) in [5, 5.41) is 11.4. The predicted molar refractivity (Wildman–Crippen MR) is 49.2 cm³/mol. The number of carbonyl (C=O) groups is 1. The molecule has 70 valence electrons. The Hall–Kier alpha value is -0.830. The van der Waals surface area contributed by atoms with E-state index >= 15 is 0 Å². The molecular weight excluding hydrogens is 154 g/mol. The van der Waals surface area contributed by atoms with E-state index in [0.717, 1.165) is 19.0 Å². The van der Waals surface area contributed by atoms with Gasteiger partial charge in [-0.3, -0.25) is 0 Å². The van der Waals surface area contributed by atoms with Crippen LogP contribution in [0.15, 0.2) is 12.2 Å². The first-order valence-corrected chi connectivity index (χ1v) is 4.37. The maximum atomic E-state index is 10.0. The first kappa shape index (κ1) is 11.2. The maximum absolute atomic E-state index is 10.0. The van der Waals surface area contributed by atoms with Gasteiger partial charge in [0.25, 0.3) is 0 Å². The van der Waals surface area contributed by atoms with Crippen molar-refractivity contribution in [2.24, 2.45) is 0 Å². The fourth-order valence-corrected chi connectivity index (χ4v) is 0.845. The first-order valence-electron chi connectivity index (χ1n) is 4.37. The van der Waals surface area contributed by atoms with Crippen molar-refractivity contribution in [3.05, 3.63) is 12.2 Å². The van der Waals surface area contributed by atoms with Crippen molar-refractivity contribution in [3.63, 3.8) is 0 Å². The second-order valence-electron chi connectivity index (χ2n) is 2.65. The molecule has 0 heterocycles. The minimum absolute atomic E-state index is 0.649. The van der Waals surface area contributed by atoms with E-state index in [2.05, 4.69) is 12.2 Å². The van der Waals surface area contributed by atoms with Crippen LogP contribution in [-0.4, -0.2) is 24.2 Å². The Morgan fingerprint density at radius 3 is 2.83 bits per heavy atom. The van der Waals surface area contributed by atoms with Crippen LogP contribution in [0.5, 0.6) is 0 Å². The molecule has 0 fully saturated rings. The van der Waals surface area contributed by atoms with Crippen molar-refractivity contribution in [2.45, 2.75) is 26.2 Å². The lowest BCUT2D eigenvalue weighted by atomic mass is 10.2. The molecule has 0 saturated heterocycles. The van der Waals surface area contributed by atoms with Gasteiger partial charge in [0.1, 0.15) is 0 Å². The van der Waals surface area contributed by atoms with Crippen molar-refractivity contribution < 1.29 is 9.90 Å². The van der Waals surface area contributed by atoms with E-state index < -0.39 is 5.97 Å². The summed E-state index contributed by atoms with van der Waals surface area (Å²) in [7, 11) is 0. The molecule has 0 aliphatic rings. The summed E-state index contributed by atoms with van der Waals surface area (Å²) in [6.07, 6.45) is 6.39. The quantitative estimate of drug-likeness (QED) is 0.449. The summed E-state index contributed by atoms with van der Waals surface area (Å²) in [5.74, 6) is -0.884. The summed E-state index contributed by atoms with van der Waals surface area (Å²) in [6, 6.07) is 0. The summed E-state index contributed by atoms with van der Waals surface area (Å²) in [4.78, 5) is 10.0. The molecule has 0 amide bonds. The molecule has 0 aromatic carbocycles. The zero-order valence-corrected chi connectivity index (χ0v) is 7.55. The van der Waals surface area contributed by atoms with Crippen molar-refractivity contribution in [1.82, 2.24) is 5.32 Å². The highest BCUT2D eigenvalue weighted by Gasteiger charge is 1.86. The number of aliphatic carboxylic acids is 1. The van der Waals surface area contributed by atoms with Crippen LogP contribution in [0.3, 0.4) is 0 Å². The molecule has 0 aliphatic carbocycles. The molecule has 0 rings (SSSR count). The highest BCUT2D eigenvalue weighted by atomic mass is 16.4. The number of rotatable bonds is 7. The van der Waals surface area contributed by atoms with Crippen LogP contribution in [0.25, 0.3) is 0 Å². The molecule has 0 aromatic heterocycles. The van der Waals surface area contributed by atoms with Crippen LogP contribution < -0.4 is 5.32 Å². The largest absolute Gasteiger partial charge is 0.478 e. The minimum Gasteiger partial charge on any atom is -0.478 e. The highest BCUT2D eigenvalue weighted by Crippen LogP contribution is 1.90. The zero-order valence-electron chi connectivity index (χ0n) is 7.55. The van der Waals surface area contributed by atoms with E-state index in [1.807, 2.05) is 0 Å². The van der Waals surface area contributed by atoms with Gasteiger partial charge in [-0.15, -0.1) is 0 Å². The standard InChI is InChI=1S/C9H17NO2/c1-2-3-4-7-10-8-5-6-9(11)12/h5-6,10H,2-4,7-8H2,1H3,(H,11,12)/b6-5+. The number of hydrogen-bond donors (Lipinski definition) is 2. The number of hydrogen-bond acceptors (Lipinski definition) is 2. The SMILES string of the molecule is CCCCCNC/C=C/C(=O)O. The van der Waals surface area contributed by atoms with E-state index in [4.69, 9.17) is 5.11 Å². The fourth-order valence-electron chi connectivity index (χ4n) is 0.845. The molecule has 0 aliphatic heterocycles. The van der Waals surface area contributed by atoms with Crippen LogP contribution in [0, 0.1) is 0 Å². The van der Waals surface area contributed by atoms with Crippen LogP contribution in [-0.2, 0) is 4.79 Å². The van der Waals surface area contributed by atoms with Crippen LogP contribution >= 0.6 is 0 Å². The third-order valence-corrected chi connectivity index (χ3v) is 1.48. The van der Waals surface area contributed by atoms with Crippen LogP contribution in [0.2, 0.25) is 0 Å². The predicted octanol–water partition coefficient (Wildman–Crippen LogP) is 1.41. The number of carboxylic acids is 1. The summed E-state index contributed by atoms with van der Waals surface area (Å²) in [6.45, 7) is 3.78. The first-order chi connectivity index (χ1) is 5.77. The van der Waals surface area contributed by atoms with Gasteiger partial charge in [0.05, 0.1) is 0 Å². The second kappa shape index (κ2) is 8.27. The molecule has 12 heavy (non-hydrogen) atoms. The summed E-state index contributed by atoms with van der Waals surface area (Å²) >= 11 is 0. The lowest BCUT2D eigenvalue weighted by Crippen LogP contribution is -2.15. The monoisotopic (exact) mass is 171 g/mol. The van der Waals surface area contributed by atoms with Gasteiger partial charge in [-0.2, -0.15) is 0 Å². The average molecular weight is 171 g/mol. The average Bonchev–Trinajstić information content (AvgIpc) is 2.02. The lowest BCUT2D eigenvalue weighted by molar-refractivity contribution is -0.131. The van der Waals surface area contributed by atoms with Gasteiger partial charge in [0, 0.05) is 12.6 Å². The van der Waals surface area contributed by atoms with Gasteiger partial charge in [0.15, 0.2) is 0 Å². The van der Waals surface area contributed by atoms with E-state index in [1.165, 1.54) is 12.8 Å². The van der Waals surface area contributed by atoms with Gasteiger partial charge in [0.2, 0.25) is 0 Å². The highest BCUT2D eigenvalue weighted by molar-refractivity contribution is 5.79. The molecule has 0 bridgehead atoms. The summed E-state index contributed by atoms with van der Waals surface area (Å²) < 4.78 is 0. The molecule has 2 N–H and O–H groups in total. The Bertz CT molecular complexity index is 143. The topological polar surface area (TPSA) is 49.3 Å². The molecule has 0 atom stereocenters. The number of nitrogens with one attached hydrogen (secondary N) is 1. The molecule has 0 unspecified atom stereocenters. The van der Waals surface area contributed by atoms with Crippen molar-refractivity contribution in [3.8, 4) is 0 Å². The van der Waals surface area contributed by atoms with E-state index in [9.17, 15) is 4.79 Å². The molecule has 0 aromatic rings. The third kappa shape index (κ3) is 9.17. The van der Waals surface area contributed by atoms with Crippen LogP contribution in [0.4, 0.5) is 0 Å². The van der Waals surface area contributed by atoms with Crippen molar-refractivity contribution in [2.75, 3.05) is 13.1 Å². The van der Waals surface area contributed by atoms with E-state index in [1.54, 1.807) is 6.08 Å². The number of unbranched alkanes of at least 4 members (excludes halogenated alkanes) is 2. The Morgan fingerprint density at radius 1 is 1.50 bits per heavy atom. The van der Waals surface area contributed by atoms with E-state index in [-0.39, 0.29) is 0 Å². The normalized spacial score (nSPS) is 10.8. The second-order valence-corrected chi connectivity index (χ2v) is 2.65.